The lowest BCUT2D eigenvalue weighted by atomic mass is 10.0. The highest BCUT2D eigenvalue weighted by molar-refractivity contribution is 6.07. The minimum absolute atomic E-state index is 0.0298. The number of aliphatic hydroxyl groups excluding tert-OH is 1. The zero-order chi connectivity index (χ0) is 80.1. The second-order valence-corrected chi connectivity index (χ2v) is 28.8. The van der Waals surface area contributed by atoms with E-state index < -0.39 is 48.2 Å². The van der Waals surface area contributed by atoms with Crippen LogP contribution in [-0.4, -0.2) is 200 Å². The highest BCUT2D eigenvalue weighted by Gasteiger charge is 2.58. The van der Waals surface area contributed by atoms with Gasteiger partial charge >= 0.3 is 6.09 Å². The molecule has 6 N–H and O–H groups in total. The minimum atomic E-state index is -1.49. The van der Waals surface area contributed by atoms with E-state index in [0.29, 0.717) is 91.7 Å². The first-order valence-corrected chi connectivity index (χ1v) is 38.2. The fourth-order valence-corrected chi connectivity index (χ4v) is 14.1. The molecule has 5 aliphatic rings. The quantitative estimate of drug-likeness (QED) is 0.0155. The van der Waals surface area contributed by atoms with Gasteiger partial charge in [0.1, 0.15) is 24.4 Å². The van der Waals surface area contributed by atoms with Crippen LogP contribution in [0.3, 0.4) is 0 Å². The van der Waals surface area contributed by atoms with Crippen molar-refractivity contribution in [3.8, 4) is 41.1 Å². The van der Waals surface area contributed by atoms with Crippen molar-refractivity contribution in [2.24, 2.45) is 11.3 Å². The van der Waals surface area contributed by atoms with E-state index in [1.807, 2.05) is 85.9 Å². The molecule has 600 valence electrons. The Kier molecular flexibility index (Phi) is 28.8. The molecule has 1 saturated heterocycles. The summed E-state index contributed by atoms with van der Waals surface area (Å²) in [7, 11) is 4.58. The van der Waals surface area contributed by atoms with Gasteiger partial charge in [-0.15, -0.1) is 6.42 Å². The first-order valence-electron chi connectivity index (χ1n) is 38.2. The Hall–Kier alpha value is -11.2. The summed E-state index contributed by atoms with van der Waals surface area (Å²) in [5, 5.41) is 26.7. The Labute approximate surface area is 658 Å². The average Bonchev–Trinajstić information content (AvgIpc) is 1.56. The lowest BCUT2D eigenvalue weighted by Gasteiger charge is -2.31. The van der Waals surface area contributed by atoms with E-state index in [2.05, 4.69) is 32.5 Å². The van der Waals surface area contributed by atoms with Crippen LogP contribution in [0.25, 0.3) is 5.57 Å². The molecule has 4 heterocycles. The number of carbonyl (C=O) groups excluding carboxylic acids is 8. The fraction of sp³-hybridized carbons (Fsp3) is 0.435. The molecule has 1 spiro atoms. The SMILES string of the molecule is C#Cc1ccccc1CN(C(=O)CCNC(=O)CCOCCOCCOCCOCCC(=O)N[C@H](C(=O)N[C@@H](C)C(=O)Nc1ccc(COC(=O)N2c3cc(OCCCOc4cc5c(cc4OC)C(=O)N4C=C(c6ccc(OC)cc6)C[C@H]4CN5)c(OC)cc3C(=O)N3CC4(CC4)C[C@H]3[C@@H]2O)cc1)C(C)C)c1ccccc1C. The van der Waals surface area contributed by atoms with Gasteiger partial charge in [-0.3, -0.25) is 33.6 Å². The molecule has 1 aliphatic carbocycles. The number of aliphatic hydroxyl groups is 1. The predicted molar refractivity (Wildman–Crippen MR) is 422 cm³/mol. The number of benzene rings is 6. The van der Waals surface area contributed by atoms with E-state index in [1.165, 1.54) is 33.3 Å². The number of fused-ring (bicyclic) bond motifs is 4. The van der Waals surface area contributed by atoms with E-state index in [0.717, 1.165) is 51.4 Å². The van der Waals surface area contributed by atoms with E-state index in [9.17, 15) is 43.5 Å². The molecule has 0 radical (unpaired) electrons. The number of rotatable bonds is 39. The Balaban J connectivity index is 0.569. The van der Waals surface area contributed by atoms with Gasteiger partial charge < -0.3 is 93.8 Å². The van der Waals surface area contributed by atoms with Crippen LogP contribution in [0.4, 0.5) is 27.5 Å². The van der Waals surface area contributed by atoms with Crippen LogP contribution >= 0.6 is 0 Å². The van der Waals surface area contributed by atoms with Crippen LogP contribution in [0.1, 0.15) is 121 Å². The molecule has 11 rings (SSSR count). The van der Waals surface area contributed by atoms with Crippen molar-refractivity contribution in [2.45, 2.75) is 123 Å². The second kappa shape index (κ2) is 39.3. The van der Waals surface area contributed by atoms with Crippen LogP contribution < -0.4 is 60.1 Å². The maximum Gasteiger partial charge on any atom is 0.416 e. The number of methoxy groups -OCH3 is 3. The normalized spacial score (nSPS) is 16.8. The van der Waals surface area contributed by atoms with Crippen LogP contribution in [0.5, 0.6) is 28.7 Å². The number of para-hydroxylation sites is 1. The third-order valence-electron chi connectivity index (χ3n) is 20.6. The summed E-state index contributed by atoms with van der Waals surface area (Å²) >= 11 is 0. The Bertz CT molecular complexity index is 4450. The number of carbonyl (C=O) groups is 8. The Morgan fingerprint density at radius 3 is 1.97 bits per heavy atom. The topological polar surface area (TPSA) is 322 Å². The second-order valence-electron chi connectivity index (χ2n) is 28.8. The lowest BCUT2D eigenvalue weighted by Crippen LogP contribution is -2.53. The van der Waals surface area contributed by atoms with Gasteiger partial charge in [-0.25, -0.2) is 9.69 Å². The molecular weight excluding hydrogens is 1450 g/mol. The summed E-state index contributed by atoms with van der Waals surface area (Å²) in [5.74, 6) is 1.91. The molecule has 2 fully saturated rings. The van der Waals surface area contributed by atoms with Gasteiger partial charge in [-0.2, -0.15) is 0 Å². The summed E-state index contributed by atoms with van der Waals surface area (Å²) in [4.78, 5) is 115. The summed E-state index contributed by atoms with van der Waals surface area (Å²) < 4.78 is 57.6. The molecule has 1 saturated carbocycles. The monoisotopic (exact) mass is 1550 g/mol. The number of hydrogen-bond acceptors (Lipinski definition) is 20. The van der Waals surface area contributed by atoms with Crippen molar-refractivity contribution >= 4 is 75.8 Å². The standard InChI is InChI=1S/C85H101N9O19/c1-9-58-16-11-12-17-60(58)50-92(68-18-13-10-15-55(68)4)77(97)27-32-86-75(95)28-35-107-37-39-109-41-42-110-40-38-108-36-29-76(96)90-78(54(2)3)80(99)88-56(5)79(98)89-62-23-19-57(20-24-62)52-113-84(103)94-69-47-74(72(106-8)45-66(69)82(101)93-53-85(30-31-85)48-70(93)83(94)102)112-34-14-33-111-73-46-67-65(44-71(73)105-7)81(100)91-51-61(43-63(91)49-87-67)59-21-25-64(104-6)26-22-59/h1,10-13,15-26,44-47,51,54,56,63,70,78,83,87,102H,14,27-43,48-50,52-53H2,2-8H3,(H,86,95)(H,88,99)(H,89,98)(H,90,96)/t56-,63-,70-,78-,83-/m0/s1. The summed E-state index contributed by atoms with van der Waals surface area (Å²) in [5.41, 5.74) is 7.37. The molecule has 28 nitrogen and oxygen atoms in total. The summed E-state index contributed by atoms with van der Waals surface area (Å²) in [6, 6.07) is 33.1. The molecular formula is C85H101N9O19. The van der Waals surface area contributed by atoms with E-state index >= 15 is 0 Å². The molecule has 113 heavy (non-hydrogen) atoms. The van der Waals surface area contributed by atoms with Gasteiger partial charge in [0.15, 0.2) is 29.2 Å². The summed E-state index contributed by atoms with van der Waals surface area (Å²) in [6.45, 7) is 10.3. The maximum absolute atomic E-state index is 14.5. The van der Waals surface area contributed by atoms with Crippen molar-refractivity contribution < 1.29 is 90.8 Å². The highest BCUT2D eigenvalue weighted by Crippen LogP contribution is 2.57. The molecule has 5 atom stereocenters. The van der Waals surface area contributed by atoms with Crippen LogP contribution in [0, 0.1) is 30.6 Å². The van der Waals surface area contributed by atoms with Crippen molar-refractivity contribution in [1.29, 1.82) is 0 Å². The van der Waals surface area contributed by atoms with Gasteiger partial charge in [-0.05, 0) is 127 Å². The zero-order valence-corrected chi connectivity index (χ0v) is 65.0. The third-order valence-corrected chi connectivity index (χ3v) is 20.6. The summed E-state index contributed by atoms with van der Waals surface area (Å²) in [6.07, 6.45) is 8.73. The predicted octanol–water partition coefficient (Wildman–Crippen LogP) is 9.17. The number of hydrogen-bond donors (Lipinski definition) is 6. The third kappa shape index (κ3) is 21.3. The van der Waals surface area contributed by atoms with Crippen molar-refractivity contribution in [3.63, 3.8) is 0 Å². The number of anilines is 4. The largest absolute Gasteiger partial charge is 0.497 e. The van der Waals surface area contributed by atoms with E-state index in [1.54, 1.807) is 72.1 Å². The van der Waals surface area contributed by atoms with Crippen LogP contribution in [-0.2, 0) is 60.8 Å². The van der Waals surface area contributed by atoms with Gasteiger partial charge in [0.25, 0.3) is 11.8 Å². The molecule has 0 unspecified atom stereocenters. The molecule has 6 aromatic rings. The van der Waals surface area contributed by atoms with Crippen molar-refractivity contribution in [1.82, 2.24) is 25.8 Å². The Morgan fingerprint density at radius 1 is 0.690 bits per heavy atom. The number of amides is 8. The number of nitrogens with one attached hydrogen (secondary N) is 5. The number of terminal acetylenes is 1. The number of ether oxygens (including phenoxy) is 10. The number of aryl methyl sites for hydroxylation is 1. The minimum Gasteiger partial charge on any atom is -0.497 e. The van der Waals surface area contributed by atoms with E-state index in [4.69, 9.17) is 53.8 Å². The molecule has 8 amide bonds. The van der Waals surface area contributed by atoms with Crippen LogP contribution in [0.15, 0.2) is 128 Å². The van der Waals surface area contributed by atoms with E-state index in [-0.39, 0.29) is 149 Å². The number of nitrogens with zero attached hydrogens (tertiary/aromatic N) is 4. The highest BCUT2D eigenvalue weighted by atomic mass is 16.6. The van der Waals surface area contributed by atoms with Crippen LogP contribution in [0.2, 0.25) is 0 Å². The molecule has 4 aliphatic heterocycles. The first kappa shape index (κ1) is 82.7. The first-order chi connectivity index (χ1) is 54.7. The lowest BCUT2D eigenvalue weighted by molar-refractivity contribution is -0.132. The van der Waals surface area contributed by atoms with Gasteiger partial charge in [0.05, 0.1) is 129 Å². The fourth-order valence-electron chi connectivity index (χ4n) is 14.1. The van der Waals surface area contributed by atoms with Gasteiger partial charge in [-0.1, -0.05) is 80.4 Å². The van der Waals surface area contributed by atoms with Crippen molar-refractivity contribution in [3.05, 3.63) is 166 Å². The van der Waals surface area contributed by atoms with Gasteiger partial charge in [0.2, 0.25) is 29.5 Å². The molecule has 6 aromatic carbocycles. The smallest absolute Gasteiger partial charge is 0.416 e. The zero-order valence-electron chi connectivity index (χ0n) is 65.0. The maximum atomic E-state index is 14.5. The van der Waals surface area contributed by atoms with Gasteiger partial charge in [0, 0.05) is 80.6 Å². The molecule has 0 aromatic heterocycles. The average molecular weight is 1550 g/mol. The molecule has 0 bridgehead atoms. The Morgan fingerprint density at radius 2 is 1.33 bits per heavy atom. The molecule has 28 heteroatoms. The van der Waals surface area contributed by atoms with Crippen molar-refractivity contribution in [2.75, 3.05) is 127 Å².